The highest BCUT2D eigenvalue weighted by Gasteiger charge is 3.13. The number of nitrogens with two attached hydrogens (primary N) is 1. The fraction of sp³-hybridized carbons (Fsp3) is 0.444. The molecule has 3 aromatic carbocycles. The first-order valence-electron chi connectivity index (χ1n) is 15.9. The van der Waals surface area contributed by atoms with Gasteiger partial charge in [-0.1, -0.05) is 24.3 Å². The molecular weight excluding hydrogens is 609 g/mol. The predicted molar refractivity (Wildman–Crippen MR) is 177 cm³/mol. The average molecular weight is 641 g/mol. The van der Waals surface area contributed by atoms with E-state index < -0.39 is 0 Å². The molecule has 222 valence electrons. The molecule has 6 aliphatic carbocycles. The van der Waals surface area contributed by atoms with Crippen LogP contribution in [0.1, 0.15) is 34.1 Å². The first-order valence-corrected chi connectivity index (χ1v) is 17.9. The highest BCUT2D eigenvalue weighted by Crippen LogP contribution is 3.10. The number of rotatable bonds is 4. The average Bonchev–Trinajstić information content (AvgIpc) is 3.73. The third kappa shape index (κ3) is 2.20. The van der Waals surface area contributed by atoms with E-state index in [9.17, 15) is 9.59 Å². The van der Waals surface area contributed by atoms with Crippen LogP contribution in [0.3, 0.4) is 0 Å². The van der Waals surface area contributed by atoms with Crippen molar-refractivity contribution in [1.82, 2.24) is 0 Å². The van der Waals surface area contributed by atoms with Crippen molar-refractivity contribution in [2.75, 3.05) is 40.4 Å². The number of amides is 2. The molecule has 4 aromatic rings. The van der Waals surface area contributed by atoms with Gasteiger partial charge >= 0.3 is 0 Å². The van der Waals surface area contributed by atoms with Crippen molar-refractivity contribution in [1.29, 1.82) is 0 Å². The second-order valence-electron chi connectivity index (χ2n) is 14.7. The first kappa shape index (κ1) is 25.4. The van der Waals surface area contributed by atoms with Crippen LogP contribution in [0.5, 0.6) is 0 Å². The van der Waals surface area contributed by atoms with E-state index in [1.807, 2.05) is 23.1 Å². The summed E-state index contributed by atoms with van der Waals surface area (Å²) in [5.74, 6) is 3.94. The Bertz CT molecular complexity index is 2030. The topological polar surface area (TPSA) is 66.6 Å². The fourth-order valence-corrected chi connectivity index (χ4v) is 14.1. The molecular formula is C36H31Cl2N3O2S. The second-order valence-corrected chi connectivity index (χ2v) is 16.2. The van der Waals surface area contributed by atoms with Crippen molar-refractivity contribution < 1.29 is 9.59 Å². The third-order valence-electron chi connectivity index (χ3n) is 13.8. The van der Waals surface area contributed by atoms with E-state index in [1.165, 1.54) is 26.8 Å². The molecule has 1 aromatic heterocycles. The van der Waals surface area contributed by atoms with Crippen LogP contribution in [0.4, 0.5) is 17.1 Å². The van der Waals surface area contributed by atoms with Crippen LogP contribution in [-0.2, 0) is 9.59 Å². The standard InChI is InChI=1S/C36H31Cl2N3O2S/c1-14-7-21-25(23-15(2)13-44-32(14)23)17(10-38)12-40(21)33(42)35-26-29-27(35)31-28(35)30(26)36(29,31)34(43)41-11-16(9-37)24-19-6-4-3-5-18(19)20(39)8-22(24)41/h3-8,13,16-17,26-31H,9-12,39H2,1-2H3/t16-,17-,26?,27?,28?,29?,30?,31?,35?,36?/m1/s1. The van der Waals surface area contributed by atoms with Gasteiger partial charge in [-0.25, -0.2) is 0 Å². The van der Waals surface area contributed by atoms with Crippen LogP contribution in [0.15, 0.2) is 41.8 Å². The van der Waals surface area contributed by atoms with Crippen molar-refractivity contribution in [3.05, 3.63) is 64.0 Å². The number of carbonyl (C=O) groups is 2. The molecule has 8 heteroatoms. The van der Waals surface area contributed by atoms with Crippen molar-refractivity contribution in [3.8, 4) is 0 Å². The maximum Gasteiger partial charge on any atom is 0.234 e. The number of alkyl halides is 2. The Hall–Kier alpha value is -2.80. The van der Waals surface area contributed by atoms with Gasteiger partial charge in [0.1, 0.15) is 0 Å². The minimum absolute atomic E-state index is 0.0910. The van der Waals surface area contributed by atoms with E-state index in [2.05, 4.69) is 42.3 Å². The quantitative estimate of drug-likeness (QED) is 0.193. The number of anilines is 3. The monoisotopic (exact) mass is 639 g/mol. The fourth-order valence-electron chi connectivity index (χ4n) is 12.6. The van der Waals surface area contributed by atoms with Gasteiger partial charge in [0, 0.05) is 69.2 Å². The Kier molecular flexibility index (Phi) is 4.38. The summed E-state index contributed by atoms with van der Waals surface area (Å²) in [5, 5.41) is 5.67. The Balaban J connectivity index is 0.926. The molecule has 5 nitrogen and oxygen atoms in total. The highest BCUT2D eigenvalue weighted by molar-refractivity contribution is 7.17. The minimum Gasteiger partial charge on any atom is -0.398 e. The largest absolute Gasteiger partial charge is 0.398 e. The van der Waals surface area contributed by atoms with E-state index in [-0.39, 0.29) is 28.6 Å². The Morgan fingerprint density at radius 2 is 1.34 bits per heavy atom. The maximum atomic E-state index is 14.6. The molecule has 0 bridgehead atoms. The summed E-state index contributed by atoms with van der Waals surface area (Å²) in [6, 6.07) is 12.4. The van der Waals surface area contributed by atoms with Crippen LogP contribution >= 0.6 is 34.5 Å². The number of fused-ring (bicyclic) bond motifs is 6. The lowest BCUT2D eigenvalue weighted by molar-refractivity contribution is -0.623. The molecule has 2 N–H and O–H groups in total. The molecule has 2 atom stereocenters. The molecule has 0 unspecified atom stereocenters. The molecule has 2 aliphatic heterocycles. The zero-order valence-electron chi connectivity index (χ0n) is 24.4. The van der Waals surface area contributed by atoms with Crippen molar-refractivity contribution in [3.63, 3.8) is 0 Å². The van der Waals surface area contributed by atoms with Gasteiger partial charge in [0.2, 0.25) is 11.8 Å². The lowest BCUT2D eigenvalue weighted by Crippen LogP contribution is -3.12. The number of aryl methyl sites for hydroxylation is 2. The summed E-state index contributed by atoms with van der Waals surface area (Å²) < 4.78 is 1.32. The zero-order valence-corrected chi connectivity index (χ0v) is 26.8. The van der Waals surface area contributed by atoms with Gasteiger partial charge in [0.15, 0.2) is 0 Å². The molecule has 12 rings (SSSR count). The lowest BCUT2D eigenvalue weighted by atomic mass is 8.92. The smallest absolute Gasteiger partial charge is 0.234 e. The van der Waals surface area contributed by atoms with Gasteiger partial charge in [-0.2, -0.15) is 0 Å². The van der Waals surface area contributed by atoms with Gasteiger partial charge in [-0.15, -0.1) is 34.5 Å². The van der Waals surface area contributed by atoms with Gasteiger partial charge in [0.25, 0.3) is 0 Å². The number of halogens is 2. The van der Waals surface area contributed by atoms with Crippen molar-refractivity contribution in [2.24, 2.45) is 46.3 Å². The number of thiophene rings is 1. The highest BCUT2D eigenvalue weighted by atomic mass is 35.5. The molecule has 0 spiro atoms. The second kappa shape index (κ2) is 7.59. The molecule has 44 heavy (non-hydrogen) atoms. The molecule has 6 saturated carbocycles. The van der Waals surface area contributed by atoms with Crippen LogP contribution < -0.4 is 15.5 Å². The molecule has 6 fully saturated rings. The number of carbonyl (C=O) groups excluding carboxylic acids is 2. The van der Waals surface area contributed by atoms with Crippen LogP contribution in [0.25, 0.3) is 20.9 Å². The molecule has 8 aliphatic rings. The van der Waals surface area contributed by atoms with Gasteiger partial charge in [0.05, 0.1) is 10.8 Å². The van der Waals surface area contributed by atoms with E-state index in [0.29, 0.717) is 72.0 Å². The van der Waals surface area contributed by atoms with Crippen LogP contribution in [0, 0.1) is 60.2 Å². The Labute approximate surface area is 269 Å². The maximum absolute atomic E-state index is 14.6. The number of benzene rings is 3. The van der Waals surface area contributed by atoms with E-state index in [4.69, 9.17) is 28.9 Å². The summed E-state index contributed by atoms with van der Waals surface area (Å²) in [6.45, 7) is 5.62. The summed E-state index contributed by atoms with van der Waals surface area (Å²) in [5.41, 5.74) is 13.7. The molecule has 0 saturated heterocycles. The van der Waals surface area contributed by atoms with Gasteiger partial charge in [-0.05, 0) is 94.5 Å². The molecule has 2 amide bonds. The molecule has 0 radical (unpaired) electrons. The summed E-state index contributed by atoms with van der Waals surface area (Å²) >= 11 is 14.9. The number of nitrogen functional groups attached to an aromatic ring is 1. The third-order valence-corrected chi connectivity index (χ3v) is 15.7. The SMILES string of the molecule is Cc1cc2c(c3c(C)csc13)[C@H](CCl)CN2C(=O)C12C3C4C1C1C2C3C41C(=O)N1C[C@@H](CCl)c2c1cc(N)c1ccccc21. The predicted octanol–water partition coefficient (Wildman–Crippen LogP) is 7.03. The van der Waals surface area contributed by atoms with Gasteiger partial charge < -0.3 is 15.5 Å². The Morgan fingerprint density at radius 1 is 0.818 bits per heavy atom. The summed E-state index contributed by atoms with van der Waals surface area (Å²) in [7, 11) is 0. The Morgan fingerprint density at radius 3 is 1.91 bits per heavy atom. The molecule has 3 heterocycles. The van der Waals surface area contributed by atoms with Crippen LogP contribution in [-0.4, -0.2) is 36.7 Å². The van der Waals surface area contributed by atoms with Crippen LogP contribution in [0.2, 0.25) is 0 Å². The van der Waals surface area contributed by atoms with E-state index >= 15 is 0 Å². The normalized spacial score (nSPS) is 38.8. The number of hydrogen-bond acceptors (Lipinski definition) is 4. The number of hydrogen-bond donors (Lipinski definition) is 1. The van der Waals surface area contributed by atoms with Crippen molar-refractivity contribution >= 4 is 84.3 Å². The summed E-state index contributed by atoms with van der Waals surface area (Å²) in [6.07, 6.45) is 0. The van der Waals surface area contributed by atoms with Crippen molar-refractivity contribution in [2.45, 2.75) is 25.7 Å². The van der Waals surface area contributed by atoms with E-state index in [1.54, 1.807) is 11.3 Å². The summed E-state index contributed by atoms with van der Waals surface area (Å²) in [4.78, 5) is 33.3. The lowest BCUT2D eigenvalue weighted by Gasteiger charge is -3.09. The first-order chi connectivity index (χ1) is 21.3. The van der Waals surface area contributed by atoms with Gasteiger partial charge in [-0.3, -0.25) is 9.59 Å². The minimum atomic E-state index is -0.265. The number of nitrogens with zero attached hydrogens (tertiary/aromatic N) is 2. The zero-order chi connectivity index (χ0) is 29.8. The van der Waals surface area contributed by atoms with E-state index in [0.717, 1.165) is 27.7 Å².